The highest BCUT2D eigenvalue weighted by molar-refractivity contribution is 6.30. The summed E-state index contributed by atoms with van der Waals surface area (Å²) in [5.74, 6) is 1.38. The summed E-state index contributed by atoms with van der Waals surface area (Å²) in [5, 5.41) is 11.1. The van der Waals surface area contributed by atoms with Gasteiger partial charge in [0.25, 0.3) is 0 Å². The Morgan fingerprint density at radius 1 is 1.42 bits per heavy atom. The van der Waals surface area contributed by atoms with E-state index >= 15 is 0 Å². The molecule has 3 heteroatoms. The van der Waals surface area contributed by atoms with Crippen molar-refractivity contribution in [3.8, 4) is 5.75 Å². The summed E-state index contributed by atoms with van der Waals surface area (Å²) in [6, 6.07) is 5.58. The summed E-state index contributed by atoms with van der Waals surface area (Å²) < 4.78 is 6.37. The Bertz CT molecular complexity index is 474. The van der Waals surface area contributed by atoms with Gasteiger partial charge in [-0.25, -0.2) is 0 Å². The minimum atomic E-state index is -0.449. The molecule has 104 valence electrons. The predicted octanol–water partition coefficient (Wildman–Crippen LogP) is 4.49. The first-order valence-electron chi connectivity index (χ1n) is 7.31. The molecule has 0 saturated heterocycles. The fourth-order valence-electron chi connectivity index (χ4n) is 3.83. The van der Waals surface area contributed by atoms with Gasteiger partial charge in [0, 0.05) is 17.0 Å². The Balaban J connectivity index is 1.97. The first-order valence-corrected chi connectivity index (χ1v) is 7.69. The summed E-state index contributed by atoms with van der Waals surface area (Å²) in [4.78, 5) is 0. The van der Waals surface area contributed by atoms with Crippen molar-refractivity contribution >= 4 is 11.6 Å². The third-order valence-electron chi connectivity index (χ3n) is 4.82. The largest absolute Gasteiger partial charge is 0.486 e. The third-order valence-corrected chi connectivity index (χ3v) is 5.06. The van der Waals surface area contributed by atoms with E-state index in [1.54, 1.807) is 0 Å². The van der Waals surface area contributed by atoms with Gasteiger partial charge in [-0.05, 0) is 49.8 Å². The van der Waals surface area contributed by atoms with Crippen LogP contribution >= 0.6 is 11.6 Å². The molecule has 0 amide bonds. The van der Waals surface area contributed by atoms with E-state index in [0.717, 1.165) is 24.2 Å². The van der Waals surface area contributed by atoms with E-state index in [1.807, 2.05) is 18.2 Å². The van der Waals surface area contributed by atoms with Gasteiger partial charge < -0.3 is 9.84 Å². The number of benzene rings is 1. The fourth-order valence-corrected chi connectivity index (χ4v) is 4.01. The number of aliphatic hydroxyl groups excluding tert-OH is 1. The smallest absolute Gasteiger partial charge is 0.126 e. The van der Waals surface area contributed by atoms with Crippen molar-refractivity contribution < 1.29 is 9.84 Å². The Kier molecular flexibility index (Phi) is 3.48. The van der Waals surface area contributed by atoms with Crippen LogP contribution in [0.4, 0.5) is 0 Å². The Morgan fingerprint density at radius 3 is 3.05 bits per heavy atom. The molecule has 2 aliphatic rings. The van der Waals surface area contributed by atoms with E-state index in [0.29, 0.717) is 17.4 Å². The SMILES string of the molecule is CCC1CCCCC12C[C@@H](O)c1cc(Cl)ccc1O2. The van der Waals surface area contributed by atoms with E-state index in [-0.39, 0.29) is 5.60 Å². The Hall–Kier alpha value is -0.730. The Labute approximate surface area is 119 Å². The molecule has 0 bridgehead atoms. The summed E-state index contributed by atoms with van der Waals surface area (Å²) in [6.07, 6.45) is 6.14. The topological polar surface area (TPSA) is 29.5 Å². The van der Waals surface area contributed by atoms with Gasteiger partial charge >= 0.3 is 0 Å². The van der Waals surface area contributed by atoms with Crippen molar-refractivity contribution in [3.05, 3.63) is 28.8 Å². The quantitative estimate of drug-likeness (QED) is 0.821. The van der Waals surface area contributed by atoms with Crippen molar-refractivity contribution in [1.82, 2.24) is 0 Å². The van der Waals surface area contributed by atoms with Gasteiger partial charge in [0.2, 0.25) is 0 Å². The number of ether oxygens (including phenoxy) is 1. The van der Waals surface area contributed by atoms with E-state index in [9.17, 15) is 5.11 Å². The zero-order valence-corrected chi connectivity index (χ0v) is 12.1. The number of fused-ring (bicyclic) bond motifs is 1. The maximum atomic E-state index is 10.5. The zero-order chi connectivity index (χ0) is 13.5. The lowest BCUT2D eigenvalue weighted by Crippen LogP contribution is -2.49. The molecular weight excluding hydrogens is 260 g/mol. The van der Waals surface area contributed by atoms with E-state index in [4.69, 9.17) is 16.3 Å². The fraction of sp³-hybridized carbons (Fsp3) is 0.625. The van der Waals surface area contributed by atoms with Gasteiger partial charge in [-0.3, -0.25) is 0 Å². The van der Waals surface area contributed by atoms with Crippen LogP contribution in [0.2, 0.25) is 5.02 Å². The summed E-state index contributed by atoms with van der Waals surface area (Å²) >= 11 is 6.01. The van der Waals surface area contributed by atoms with Crippen LogP contribution in [-0.4, -0.2) is 10.7 Å². The number of aliphatic hydroxyl groups is 1. The highest BCUT2D eigenvalue weighted by atomic mass is 35.5. The van der Waals surface area contributed by atoms with Crippen LogP contribution in [0.1, 0.15) is 57.1 Å². The van der Waals surface area contributed by atoms with Gasteiger partial charge in [-0.15, -0.1) is 0 Å². The zero-order valence-electron chi connectivity index (χ0n) is 11.4. The van der Waals surface area contributed by atoms with E-state index < -0.39 is 6.10 Å². The highest BCUT2D eigenvalue weighted by Gasteiger charge is 2.46. The number of rotatable bonds is 1. The van der Waals surface area contributed by atoms with Crippen LogP contribution in [0.3, 0.4) is 0 Å². The Morgan fingerprint density at radius 2 is 2.26 bits per heavy atom. The molecule has 0 aromatic heterocycles. The molecule has 1 aliphatic heterocycles. The maximum Gasteiger partial charge on any atom is 0.126 e. The average Bonchev–Trinajstić information content (AvgIpc) is 2.40. The van der Waals surface area contributed by atoms with Crippen molar-refractivity contribution in [2.45, 2.75) is 57.2 Å². The minimum Gasteiger partial charge on any atom is -0.486 e. The molecule has 3 atom stereocenters. The number of hydrogen-bond donors (Lipinski definition) is 1. The first-order chi connectivity index (χ1) is 9.14. The molecular formula is C16H21ClO2. The van der Waals surface area contributed by atoms with Gasteiger partial charge in [0.05, 0.1) is 6.10 Å². The van der Waals surface area contributed by atoms with Crippen LogP contribution in [0.5, 0.6) is 5.75 Å². The van der Waals surface area contributed by atoms with Gasteiger partial charge in [0.15, 0.2) is 0 Å². The molecule has 2 nitrogen and oxygen atoms in total. The first kappa shape index (κ1) is 13.3. The normalized spacial score (nSPS) is 33.8. The monoisotopic (exact) mass is 280 g/mol. The summed E-state index contributed by atoms with van der Waals surface area (Å²) in [5.41, 5.74) is 0.686. The van der Waals surface area contributed by atoms with E-state index in [2.05, 4.69) is 6.92 Å². The van der Waals surface area contributed by atoms with Crippen molar-refractivity contribution in [2.75, 3.05) is 0 Å². The standard InChI is InChI=1S/C16H21ClO2/c1-2-11-5-3-4-8-16(11)10-14(18)13-9-12(17)6-7-15(13)19-16/h6-7,9,11,14,18H,2-5,8,10H2,1H3/t11?,14-,16?/m1/s1. The molecule has 1 aromatic rings. The van der Waals surface area contributed by atoms with Gasteiger partial charge in [-0.1, -0.05) is 24.9 Å². The van der Waals surface area contributed by atoms with Gasteiger partial charge in [-0.2, -0.15) is 0 Å². The van der Waals surface area contributed by atoms with Crippen molar-refractivity contribution in [2.24, 2.45) is 5.92 Å². The number of hydrogen-bond acceptors (Lipinski definition) is 2. The maximum absolute atomic E-state index is 10.5. The second kappa shape index (κ2) is 4.99. The molecule has 1 fully saturated rings. The van der Waals surface area contributed by atoms with Crippen LogP contribution in [0.25, 0.3) is 0 Å². The molecule has 3 rings (SSSR count). The summed E-state index contributed by atoms with van der Waals surface area (Å²) in [7, 11) is 0. The molecule has 1 N–H and O–H groups in total. The second-order valence-corrected chi connectivity index (χ2v) is 6.36. The van der Waals surface area contributed by atoms with E-state index in [1.165, 1.54) is 19.3 Å². The minimum absolute atomic E-state index is 0.159. The molecule has 1 aromatic carbocycles. The molecule has 1 heterocycles. The van der Waals surface area contributed by atoms with Gasteiger partial charge in [0.1, 0.15) is 11.4 Å². The summed E-state index contributed by atoms with van der Waals surface area (Å²) in [6.45, 7) is 2.23. The molecule has 2 unspecified atom stereocenters. The second-order valence-electron chi connectivity index (χ2n) is 5.92. The average molecular weight is 281 g/mol. The van der Waals surface area contributed by atoms with Crippen LogP contribution < -0.4 is 4.74 Å². The van der Waals surface area contributed by atoms with Crippen LogP contribution in [-0.2, 0) is 0 Å². The lowest BCUT2D eigenvalue weighted by Gasteiger charge is -2.48. The molecule has 19 heavy (non-hydrogen) atoms. The lowest BCUT2D eigenvalue weighted by molar-refractivity contribution is -0.0782. The highest BCUT2D eigenvalue weighted by Crippen LogP contribution is 2.49. The van der Waals surface area contributed by atoms with Crippen molar-refractivity contribution in [3.63, 3.8) is 0 Å². The molecule has 0 radical (unpaired) electrons. The van der Waals surface area contributed by atoms with Crippen LogP contribution in [0, 0.1) is 5.92 Å². The molecule has 1 aliphatic carbocycles. The van der Waals surface area contributed by atoms with Crippen molar-refractivity contribution in [1.29, 1.82) is 0 Å². The molecule has 1 saturated carbocycles. The molecule has 1 spiro atoms. The third kappa shape index (κ3) is 2.25. The van der Waals surface area contributed by atoms with Crippen LogP contribution in [0.15, 0.2) is 18.2 Å². The predicted molar refractivity (Wildman–Crippen MR) is 76.6 cm³/mol. The lowest BCUT2D eigenvalue weighted by atomic mass is 9.69. The number of halogens is 1.